The van der Waals surface area contributed by atoms with Gasteiger partial charge in [0.2, 0.25) is 0 Å². The molecule has 2 heteroatoms. The Morgan fingerprint density at radius 1 is 1.08 bits per heavy atom. The van der Waals surface area contributed by atoms with Crippen molar-refractivity contribution in [1.29, 1.82) is 0 Å². The maximum Gasteiger partial charge on any atom is 0.0650 e. The van der Waals surface area contributed by atoms with Gasteiger partial charge in [0.25, 0.3) is 0 Å². The fraction of sp³-hybridized carbons (Fsp3) is 0.545. The minimum atomic E-state index is -0.667. The summed E-state index contributed by atoms with van der Waals surface area (Å²) in [7, 11) is 0. The molecular formula is C22H33NO. The van der Waals surface area contributed by atoms with Crippen LogP contribution < -0.4 is 5.73 Å². The van der Waals surface area contributed by atoms with E-state index in [-0.39, 0.29) is 6.61 Å². The second-order valence-corrected chi connectivity index (χ2v) is 7.32. The summed E-state index contributed by atoms with van der Waals surface area (Å²) in [6.45, 7) is 4.10. The van der Waals surface area contributed by atoms with Crippen LogP contribution in [0, 0.1) is 0 Å². The van der Waals surface area contributed by atoms with E-state index in [0.29, 0.717) is 0 Å². The molecule has 1 aromatic carbocycles. The van der Waals surface area contributed by atoms with E-state index in [1.807, 2.05) is 6.92 Å². The van der Waals surface area contributed by atoms with Crippen LogP contribution in [-0.2, 0) is 12.8 Å². The standard InChI is InChI=1S/C22H33NO/c1-3-4-5-6-7-8-9-18-10-11-19-12-14-21(22(2,23)17-24)15-13-20(19)16-18/h10-11,13-16,24H,3-9,12,17,23H2,1-2H3/t22-/m1/s1. The third-order valence-corrected chi connectivity index (χ3v) is 5.00. The van der Waals surface area contributed by atoms with Crippen molar-refractivity contribution in [2.75, 3.05) is 6.61 Å². The average Bonchev–Trinajstić information content (AvgIpc) is 2.80. The summed E-state index contributed by atoms with van der Waals surface area (Å²) in [5.41, 5.74) is 10.6. The summed E-state index contributed by atoms with van der Waals surface area (Å²) in [4.78, 5) is 0. The maximum atomic E-state index is 9.47. The number of rotatable bonds is 9. The molecule has 0 unspecified atom stereocenters. The van der Waals surface area contributed by atoms with Gasteiger partial charge in [-0.2, -0.15) is 0 Å². The number of hydrogen-bond acceptors (Lipinski definition) is 2. The molecule has 1 aromatic rings. The first kappa shape index (κ1) is 19.0. The third kappa shape index (κ3) is 5.32. The van der Waals surface area contributed by atoms with E-state index in [1.54, 1.807) is 0 Å². The topological polar surface area (TPSA) is 46.2 Å². The average molecular weight is 328 g/mol. The summed E-state index contributed by atoms with van der Waals surface area (Å²) in [6.07, 6.45) is 16.4. The Morgan fingerprint density at radius 2 is 1.83 bits per heavy atom. The Morgan fingerprint density at radius 3 is 2.58 bits per heavy atom. The fourth-order valence-electron chi connectivity index (χ4n) is 3.23. The molecule has 2 rings (SSSR count). The molecule has 0 saturated heterocycles. The summed E-state index contributed by atoms with van der Waals surface area (Å²) in [6, 6.07) is 6.84. The lowest BCUT2D eigenvalue weighted by atomic mass is 9.93. The van der Waals surface area contributed by atoms with Crippen molar-refractivity contribution in [3.63, 3.8) is 0 Å². The van der Waals surface area contributed by atoms with E-state index in [0.717, 1.165) is 12.0 Å². The van der Waals surface area contributed by atoms with Gasteiger partial charge in [-0.05, 0) is 48.4 Å². The molecule has 0 bridgehead atoms. The molecule has 1 aliphatic carbocycles. The molecule has 0 amide bonds. The highest BCUT2D eigenvalue weighted by molar-refractivity contribution is 5.61. The predicted octanol–water partition coefficient (Wildman–Crippen LogP) is 4.80. The van der Waals surface area contributed by atoms with Crippen LogP contribution in [-0.4, -0.2) is 17.3 Å². The number of allylic oxidation sites excluding steroid dienone is 1. The van der Waals surface area contributed by atoms with Gasteiger partial charge >= 0.3 is 0 Å². The molecule has 0 aliphatic heterocycles. The number of unbranched alkanes of at least 4 members (excludes halogenated alkanes) is 5. The summed E-state index contributed by atoms with van der Waals surface area (Å²) >= 11 is 0. The lowest BCUT2D eigenvalue weighted by Crippen LogP contribution is -2.41. The van der Waals surface area contributed by atoms with Crippen LogP contribution in [0.15, 0.2) is 35.9 Å². The second kappa shape index (κ2) is 9.19. The van der Waals surface area contributed by atoms with Crippen molar-refractivity contribution in [2.45, 2.75) is 70.8 Å². The molecule has 132 valence electrons. The van der Waals surface area contributed by atoms with E-state index < -0.39 is 5.54 Å². The molecular weight excluding hydrogens is 294 g/mol. The first-order chi connectivity index (χ1) is 11.6. The van der Waals surface area contributed by atoms with Gasteiger partial charge < -0.3 is 10.8 Å². The summed E-state index contributed by atoms with van der Waals surface area (Å²) in [5, 5.41) is 9.47. The van der Waals surface area contributed by atoms with Gasteiger partial charge in [-0.3, -0.25) is 0 Å². The number of fused-ring (bicyclic) bond motifs is 1. The Labute approximate surface area is 147 Å². The van der Waals surface area contributed by atoms with Gasteiger partial charge in [-0.1, -0.05) is 75.5 Å². The van der Waals surface area contributed by atoms with E-state index in [2.05, 4.69) is 43.4 Å². The predicted molar refractivity (Wildman–Crippen MR) is 104 cm³/mol. The van der Waals surface area contributed by atoms with Gasteiger partial charge in [-0.25, -0.2) is 0 Å². The van der Waals surface area contributed by atoms with Crippen LogP contribution in [0.5, 0.6) is 0 Å². The number of aliphatic hydroxyl groups excluding tert-OH is 1. The van der Waals surface area contributed by atoms with Crippen LogP contribution in [0.2, 0.25) is 0 Å². The van der Waals surface area contributed by atoms with Crippen molar-refractivity contribution in [2.24, 2.45) is 5.73 Å². The number of nitrogens with two attached hydrogens (primary N) is 1. The Hall–Kier alpha value is -1.38. The largest absolute Gasteiger partial charge is 0.394 e. The molecule has 24 heavy (non-hydrogen) atoms. The molecule has 0 radical (unpaired) electrons. The van der Waals surface area contributed by atoms with Gasteiger partial charge in [0.15, 0.2) is 0 Å². The van der Waals surface area contributed by atoms with Gasteiger partial charge in [0.05, 0.1) is 12.1 Å². The first-order valence-corrected chi connectivity index (χ1v) is 9.47. The SMILES string of the molecule is CCCCCCCCc1ccc2c(c1)C=CC([C@](C)(N)CO)=CC2. The molecule has 0 heterocycles. The van der Waals surface area contributed by atoms with E-state index in [4.69, 9.17) is 5.73 Å². The Kier molecular flexibility index (Phi) is 7.26. The lowest BCUT2D eigenvalue weighted by molar-refractivity contribution is 0.233. The van der Waals surface area contributed by atoms with Crippen molar-refractivity contribution >= 4 is 6.08 Å². The van der Waals surface area contributed by atoms with Gasteiger partial charge in [0, 0.05) is 0 Å². The van der Waals surface area contributed by atoms with Crippen molar-refractivity contribution in [1.82, 2.24) is 0 Å². The van der Waals surface area contributed by atoms with E-state index in [1.165, 1.54) is 61.6 Å². The molecule has 0 aromatic heterocycles. The highest BCUT2D eigenvalue weighted by Gasteiger charge is 2.21. The Bertz CT molecular complexity index is 584. The van der Waals surface area contributed by atoms with Gasteiger partial charge in [0.1, 0.15) is 0 Å². The van der Waals surface area contributed by atoms with Crippen molar-refractivity contribution in [3.8, 4) is 0 Å². The zero-order chi connectivity index (χ0) is 17.4. The van der Waals surface area contributed by atoms with Crippen LogP contribution in [0.4, 0.5) is 0 Å². The summed E-state index contributed by atoms with van der Waals surface area (Å²) < 4.78 is 0. The lowest BCUT2D eigenvalue weighted by Gasteiger charge is -2.23. The number of aliphatic hydroxyl groups is 1. The van der Waals surface area contributed by atoms with Crippen molar-refractivity contribution < 1.29 is 5.11 Å². The van der Waals surface area contributed by atoms with Crippen molar-refractivity contribution in [3.05, 3.63) is 52.6 Å². The molecule has 0 saturated carbocycles. The highest BCUT2D eigenvalue weighted by atomic mass is 16.3. The van der Waals surface area contributed by atoms with E-state index in [9.17, 15) is 5.11 Å². The normalized spacial score (nSPS) is 16.2. The maximum absolute atomic E-state index is 9.47. The Balaban J connectivity index is 1.95. The second-order valence-electron chi connectivity index (χ2n) is 7.32. The minimum Gasteiger partial charge on any atom is -0.394 e. The fourth-order valence-corrected chi connectivity index (χ4v) is 3.23. The molecule has 0 spiro atoms. The monoisotopic (exact) mass is 327 g/mol. The summed E-state index contributed by atoms with van der Waals surface area (Å²) in [5.74, 6) is 0. The quantitative estimate of drug-likeness (QED) is 0.640. The molecule has 2 nitrogen and oxygen atoms in total. The molecule has 0 fully saturated rings. The minimum absolute atomic E-state index is 0.0389. The molecule has 1 atom stereocenters. The van der Waals surface area contributed by atoms with Crippen LogP contribution in [0.25, 0.3) is 6.08 Å². The molecule has 1 aliphatic rings. The smallest absolute Gasteiger partial charge is 0.0650 e. The van der Waals surface area contributed by atoms with Gasteiger partial charge in [-0.15, -0.1) is 0 Å². The molecule has 3 N–H and O–H groups in total. The highest BCUT2D eigenvalue weighted by Crippen LogP contribution is 2.24. The number of hydrogen-bond donors (Lipinski definition) is 2. The van der Waals surface area contributed by atoms with Crippen LogP contribution in [0.1, 0.15) is 69.1 Å². The first-order valence-electron chi connectivity index (χ1n) is 9.47. The number of aryl methyl sites for hydroxylation is 1. The zero-order valence-corrected chi connectivity index (χ0v) is 15.4. The third-order valence-electron chi connectivity index (χ3n) is 5.00. The van der Waals surface area contributed by atoms with E-state index >= 15 is 0 Å². The van der Waals surface area contributed by atoms with Crippen LogP contribution in [0.3, 0.4) is 0 Å². The van der Waals surface area contributed by atoms with Crippen LogP contribution >= 0.6 is 0 Å². The number of benzene rings is 1. The zero-order valence-electron chi connectivity index (χ0n) is 15.4.